The summed E-state index contributed by atoms with van der Waals surface area (Å²) in [5.41, 5.74) is 0.691. The van der Waals surface area contributed by atoms with Gasteiger partial charge in [0.05, 0.1) is 12.2 Å². The van der Waals surface area contributed by atoms with E-state index in [0.29, 0.717) is 6.67 Å². The topological polar surface area (TPSA) is 44.4 Å². The Morgan fingerprint density at radius 3 is 2.55 bits per heavy atom. The number of thiocarbonyl (C=S) groups is 1. The Bertz CT molecular complexity index is 506. The van der Waals surface area contributed by atoms with Crippen LogP contribution in [0.25, 0.3) is 0 Å². The molecule has 0 radical (unpaired) electrons. The zero-order chi connectivity index (χ0) is 14.8. The lowest BCUT2D eigenvalue weighted by Crippen LogP contribution is -2.43. The summed E-state index contributed by atoms with van der Waals surface area (Å²) < 4.78 is 1.97. The van der Waals surface area contributed by atoms with Crippen LogP contribution in [0.3, 0.4) is 0 Å². The summed E-state index contributed by atoms with van der Waals surface area (Å²) in [4.78, 5) is 11.7. The number of hydrogen-bond acceptors (Lipinski definition) is 5. The molecule has 1 saturated heterocycles. The molecule has 0 aliphatic carbocycles. The lowest BCUT2D eigenvalue weighted by atomic mass is 10.1. The van der Waals surface area contributed by atoms with E-state index in [-0.39, 0.29) is 5.54 Å². The second-order valence-electron chi connectivity index (χ2n) is 5.20. The van der Waals surface area contributed by atoms with E-state index in [2.05, 4.69) is 10.6 Å². The number of carbonyl (C=O) groups excluding carboxylic acids is 1. The van der Waals surface area contributed by atoms with Crippen molar-refractivity contribution in [1.29, 1.82) is 0 Å². The highest BCUT2D eigenvalue weighted by molar-refractivity contribution is 8.00. The maximum absolute atomic E-state index is 11.7. The minimum absolute atomic E-state index is 0.221. The minimum atomic E-state index is -0.826. The maximum atomic E-state index is 11.7. The fraction of sp³-hybridized carbons (Fsp3) is 0.429. The van der Waals surface area contributed by atoms with E-state index in [1.54, 1.807) is 7.05 Å². The van der Waals surface area contributed by atoms with Crippen LogP contribution in [0, 0.1) is 0 Å². The zero-order valence-electron chi connectivity index (χ0n) is 11.8. The van der Waals surface area contributed by atoms with E-state index in [4.69, 9.17) is 12.2 Å². The van der Waals surface area contributed by atoms with Gasteiger partial charge in [-0.1, -0.05) is 42.5 Å². The van der Waals surface area contributed by atoms with Gasteiger partial charge < -0.3 is 0 Å². The fourth-order valence-corrected chi connectivity index (χ4v) is 3.47. The van der Waals surface area contributed by atoms with Crippen molar-refractivity contribution >= 4 is 35.4 Å². The summed E-state index contributed by atoms with van der Waals surface area (Å²) in [5, 5.41) is 6.46. The number of hydrogen-bond donors (Lipinski definition) is 2. The number of carbonyl (C=O) groups is 1. The minimum Gasteiger partial charge on any atom is -0.300 e. The molecule has 6 heteroatoms. The van der Waals surface area contributed by atoms with Crippen molar-refractivity contribution in [2.75, 3.05) is 13.7 Å². The number of likely N-dealkylation sites (N-methyl/N-ethyl adjacent to an activating group) is 1. The second-order valence-corrected chi connectivity index (χ2v) is 6.86. The molecule has 0 aromatic heterocycles. The van der Waals surface area contributed by atoms with Gasteiger partial charge in [0.25, 0.3) is 0 Å². The molecule has 1 aliphatic heterocycles. The molecule has 2 N–H and O–H groups in total. The Balaban J connectivity index is 2.28. The molecule has 1 aromatic carbocycles. The van der Waals surface area contributed by atoms with E-state index in [1.165, 1.54) is 11.9 Å². The average molecular weight is 309 g/mol. The number of benzene rings is 1. The lowest BCUT2D eigenvalue weighted by Gasteiger charge is -2.32. The van der Waals surface area contributed by atoms with Gasteiger partial charge in [-0.05, 0) is 38.4 Å². The molecule has 4 nitrogen and oxygen atoms in total. The van der Waals surface area contributed by atoms with Gasteiger partial charge in [-0.3, -0.25) is 19.7 Å². The molecule has 0 spiro atoms. The molecule has 108 valence electrons. The number of nitrogens with one attached hydrogen (secondary N) is 2. The number of rotatable bonds is 5. The monoisotopic (exact) mass is 309 g/mol. The standard InChI is InChI=1S/C14H19N3OS2/c1-13(2)12(19)17(10-16-13)20-14(9-18,15-3)11-7-5-4-6-8-11/h4-9,15-16H,10H2,1-3H3. The van der Waals surface area contributed by atoms with E-state index < -0.39 is 4.87 Å². The molecule has 0 amide bonds. The van der Waals surface area contributed by atoms with Gasteiger partial charge in [-0.2, -0.15) is 0 Å². The highest BCUT2D eigenvalue weighted by Gasteiger charge is 2.41. The number of nitrogens with zero attached hydrogens (tertiary/aromatic N) is 1. The van der Waals surface area contributed by atoms with Crippen LogP contribution in [0.5, 0.6) is 0 Å². The summed E-state index contributed by atoms with van der Waals surface area (Å²) in [7, 11) is 1.78. The quantitative estimate of drug-likeness (QED) is 0.375. The Labute approximate surface area is 129 Å². The first-order valence-corrected chi connectivity index (χ1v) is 7.60. The zero-order valence-corrected chi connectivity index (χ0v) is 13.5. The molecule has 1 fully saturated rings. The van der Waals surface area contributed by atoms with Crippen LogP contribution in [0.2, 0.25) is 0 Å². The molecule has 1 atom stereocenters. The number of aldehydes is 1. The van der Waals surface area contributed by atoms with Crippen molar-refractivity contribution in [3.8, 4) is 0 Å². The van der Waals surface area contributed by atoms with Crippen molar-refractivity contribution in [2.45, 2.75) is 24.3 Å². The first kappa shape index (κ1) is 15.4. The van der Waals surface area contributed by atoms with Gasteiger partial charge >= 0.3 is 0 Å². The molecule has 1 unspecified atom stereocenters. The van der Waals surface area contributed by atoms with Crippen LogP contribution >= 0.6 is 24.2 Å². The van der Waals surface area contributed by atoms with Crippen LogP contribution in [0.15, 0.2) is 30.3 Å². The van der Waals surface area contributed by atoms with Gasteiger partial charge in [0, 0.05) is 0 Å². The molecule has 0 bridgehead atoms. The van der Waals surface area contributed by atoms with Crippen LogP contribution in [0.4, 0.5) is 0 Å². The first-order valence-electron chi connectivity index (χ1n) is 6.42. The summed E-state index contributed by atoms with van der Waals surface area (Å²) in [6.07, 6.45) is 0.931. The van der Waals surface area contributed by atoms with Crippen LogP contribution in [-0.4, -0.2) is 34.8 Å². The van der Waals surface area contributed by atoms with Gasteiger partial charge in [-0.15, -0.1) is 0 Å². The Hall–Kier alpha value is -0.950. The Morgan fingerprint density at radius 2 is 2.10 bits per heavy atom. The Morgan fingerprint density at radius 1 is 1.45 bits per heavy atom. The summed E-state index contributed by atoms with van der Waals surface area (Å²) in [6, 6.07) is 9.67. The third-order valence-corrected chi connectivity index (χ3v) is 5.62. The predicted molar refractivity (Wildman–Crippen MR) is 87.4 cm³/mol. The van der Waals surface area contributed by atoms with Gasteiger partial charge in [0.1, 0.15) is 4.99 Å². The average Bonchev–Trinajstić information content (AvgIpc) is 2.72. The van der Waals surface area contributed by atoms with Crippen molar-refractivity contribution in [1.82, 2.24) is 14.9 Å². The largest absolute Gasteiger partial charge is 0.300 e. The lowest BCUT2D eigenvalue weighted by molar-refractivity contribution is -0.110. The first-order chi connectivity index (χ1) is 9.45. The van der Waals surface area contributed by atoms with E-state index in [9.17, 15) is 4.79 Å². The summed E-state index contributed by atoms with van der Waals surface area (Å²) in [6.45, 7) is 4.71. The van der Waals surface area contributed by atoms with Gasteiger partial charge in [-0.25, -0.2) is 0 Å². The van der Waals surface area contributed by atoms with Crippen LogP contribution in [0.1, 0.15) is 19.4 Å². The highest BCUT2D eigenvalue weighted by Crippen LogP contribution is 2.37. The van der Waals surface area contributed by atoms with Crippen molar-refractivity contribution in [3.63, 3.8) is 0 Å². The van der Waals surface area contributed by atoms with E-state index in [0.717, 1.165) is 16.8 Å². The third kappa shape index (κ3) is 2.74. The molecular formula is C14H19N3OS2. The van der Waals surface area contributed by atoms with E-state index in [1.807, 2.05) is 48.5 Å². The molecule has 1 aliphatic rings. The van der Waals surface area contributed by atoms with Crippen molar-refractivity contribution < 1.29 is 4.79 Å². The molecular weight excluding hydrogens is 290 g/mol. The molecule has 1 heterocycles. The Kier molecular flexibility index (Phi) is 4.49. The smallest absolute Gasteiger partial charge is 0.166 e. The van der Waals surface area contributed by atoms with Crippen LogP contribution in [-0.2, 0) is 9.67 Å². The predicted octanol–water partition coefficient (Wildman–Crippen LogP) is 1.87. The molecule has 1 aromatic rings. The highest BCUT2D eigenvalue weighted by atomic mass is 32.2. The van der Waals surface area contributed by atoms with Gasteiger partial charge in [0.15, 0.2) is 11.2 Å². The molecule has 0 saturated carbocycles. The van der Waals surface area contributed by atoms with Crippen molar-refractivity contribution in [3.05, 3.63) is 35.9 Å². The molecule has 20 heavy (non-hydrogen) atoms. The third-order valence-electron chi connectivity index (χ3n) is 3.42. The van der Waals surface area contributed by atoms with Gasteiger partial charge in [0.2, 0.25) is 0 Å². The second kappa shape index (κ2) is 5.81. The maximum Gasteiger partial charge on any atom is 0.166 e. The van der Waals surface area contributed by atoms with Crippen molar-refractivity contribution in [2.24, 2.45) is 0 Å². The molecule has 2 rings (SSSR count). The van der Waals surface area contributed by atoms with Crippen LogP contribution < -0.4 is 10.6 Å². The summed E-state index contributed by atoms with van der Waals surface area (Å²) in [5.74, 6) is 0. The summed E-state index contributed by atoms with van der Waals surface area (Å²) >= 11 is 6.90. The van der Waals surface area contributed by atoms with E-state index >= 15 is 0 Å². The fourth-order valence-electron chi connectivity index (χ4n) is 2.05. The SMILES string of the molecule is CNC(C=O)(SN1CNC(C)(C)C1=S)c1ccccc1. The normalized spacial score (nSPS) is 20.8.